The maximum absolute atomic E-state index is 15.1. The number of hydrogen-bond donors (Lipinski definition) is 2. The number of benzene rings is 2. The zero-order valence-electron chi connectivity index (χ0n) is 32.7. The number of rotatable bonds is 16. The third-order valence-electron chi connectivity index (χ3n) is 13.6. The van der Waals surface area contributed by atoms with E-state index in [1.807, 2.05) is 0 Å². The fraction of sp³-hybridized carbons (Fsp3) is 0.714. The van der Waals surface area contributed by atoms with Gasteiger partial charge in [0.2, 0.25) is 11.6 Å². The van der Waals surface area contributed by atoms with Crippen molar-refractivity contribution >= 4 is 15.2 Å². The topological polar surface area (TPSA) is 112 Å². The van der Waals surface area contributed by atoms with E-state index in [0.29, 0.717) is 66.3 Å². The first kappa shape index (κ1) is 42.2. The van der Waals surface area contributed by atoms with Crippen LogP contribution >= 0.6 is 15.2 Å². The number of halogens is 4. The second-order valence-electron chi connectivity index (χ2n) is 17.8. The molecule has 2 aromatic rings. The molecule has 10 rings (SSSR count). The first-order valence-corrected chi connectivity index (χ1v) is 24.3. The molecule has 0 heterocycles. The lowest BCUT2D eigenvalue weighted by Crippen LogP contribution is -2.49. The van der Waals surface area contributed by atoms with Gasteiger partial charge in [0.15, 0.2) is 23.1 Å². The van der Waals surface area contributed by atoms with Crippen LogP contribution in [-0.2, 0) is 29.0 Å². The molecule has 312 valence electrons. The Morgan fingerprint density at radius 3 is 1.23 bits per heavy atom. The molecule has 0 amide bonds. The van der Waals surface area contributed by atoms with Crippen molar-refractivity contribution < 1.29 is 55.0 Å². The summed E-state index contributed by atoms with van der Waals surface area (Å²) in [6.45, 7) is 4.17. The van der Waals surface area contributed by atoms with Gasteiger partial charge in [-0.1, -0.05) is 12.1 Å². The molecule has 56 heavy (non-hydrogen) atoms. The quantitative estimate of drug-likeness (QED) is 0.0978. The second kappa shape index (κ2) is 17.0. The van der Waals surface area contributed by atoms with Gasteiger partial charge in [0, 0.05) is 0 Å². The summed E-state index contributed by atoms with van der Waals surface area (Å²) in [6.07, 6.45) is 13.6. The molecular weight excluding hydrogens is 770 g/mol. The van der Waals surface area contributed by atoms with Gasteiger partial charge >= 0.3 is 15.2 Å². The van der Waals surface area contributed by atoms with Gasteiger partial charge in [-0.3, -0.25) is 9.13 Å². The Kier molecular flexibility index (Phi) is 12.8. The molecule has 2 N–H and O–H groups in total. The van der Waals surface area contributed by atoms with E-state index in [1.54, 1.807) is 32.0 Å². The average Bonchev–Trinajstić information content (AvgIpc) is 3.11. The van der Waals surface area contributed by atoms with E-state index in [-0.39, 0.29) is 54.3 Å². The second-order valence-corrected chi connectivity index (χ2v) is 21.8. The van der Waals surface area contributed by atoms with Gasteiger partial charge in [-0.15, -0.1) is 0 Å². The lowest BCUT2D eigenvalue weighted by Gasteiger charge is -2.57. The monoisotopic (exact) mass is 828 g/mol. The molecule has 8 bridgehead atoms. The van der Waals surface area contributed by atoms with E-state index in [9.17, 15) is 22.3 Å². The average molecular weight is 829 g/mol. The molecule has 0 spiro atoms. The highest BCUT2D eigenvalue weighted by atomic mass is 31.2. The van der Waals surface area contributed by atoms with E-state index in [2.05, 4.69) is 0 Å². The van der Waals surface area contributed by atoms with Gasteiger partial charge in [0.25, 0.3) is 0 Å². The predicted octanol–water partition coefficient (Wildman–Crippen LogP) is 10.8. The summed E-state index contributed by atoms with van der Waals surface area (Å²) in [5, 5.41) is 0. The molecule has 8 saturated carbocycles. The summed E-state index contributed by atoms with van der Waals surface area (Å²) in [4.78, 5) is 17.6. The molecule has 2 aromatic carbocycles. The lowest BCUT2D eigenvalue weighted by molar-refractivity contribution is -0.00722. The van der Waals surface area contributed by atoms with Gasteiger partial charge in [-0.2, -0.15) is 8.78 Å². The van der Waals surface area contributed by atoms with Gasteiger partial charge < -0.3 is 28.3 Å². The maximum Gasteiger partial charge on any atom is 0.330 e. The normalized spacial score (nSPS) is 31.4. The van der Waals surface area contributed by atoms with Crippen LogP contribution in [0.5, 0.6) is 11.5 Å². The molecule has 0 radical (unpaired) electrons. The van der Waals surface area contributed by atoms with Crippen molar-refractivity contribution in [1.82, 2.24) is 0 Å². The summed E-state index contributed by atoms with van der Waals surface area (Å²) in [7, 11) is -7.25. The van der Waals surface area contributed by atoms with E-state index >= 15 is 4.39 Å². The van der Waals surface area contributed by atoms with Gasteiger partial charge in [-0.25, -0.2) is 8.78 Å². The molecule has 14 heteroatoms. The Bertz CT molecular complexity index is 1740. The minimum atomic E-state index is -4.10. The van der Waals surface area contributed by atoms with Crippen molar-refractivity contribution in [2.24, 2.45) is 35.5 Å². The summed E-state index contributed by atoms with van der Waals surface area (Å²) < 4.78 is 104. The van der Waals surface area contributed by atoms with Crippen LogP contribution in [0.15, 0.2) is 24.3 Å². The minimum absolute atomic E-state index is 0.0574. The zero-order chi connectivity index (χ0) is 39.9. The van der Waals surface area contributed by atoms with Crippen LogP contribution in [0.25, 0.3) is 0 Å². The van der Waals surface area contributed by atoms with Crippen LogP contribution in [0.2, 0.25) is 0 Å². The Hall–Kier alpha value is -1.94. The summed E-state index contributed by atoms with van der Waals surface area (Å²) in [5.74, 6) is 0.249. The van der Waals surface area contributed by atoms with Crippen LogP contribution in [0.4, 0.5) is 17.6 Å². The minimum Gasteiger partial charge on any atom is -0.490 e. The largest absolute Gasteiger partial charge is 0.490 e. The highest BCUT2D eigenvalue weighted by molar-refractivity contribution is 7.53. The molecule has 0 aromatic heterocycles. The summed E-state index contributed by atoms with van der Waals surface area (Å²) in [6, 6.07) is 6.46. The molecule has 8 aliphatic carbocycles. The van der Waals surface area contributed by atoms with Crippen LogP contribution in [0.3, 0.4) is 0 Å². The van der Waals surface area contributed by atoms with Crippen LogP contribution < -0.4 is 9.47 Å². The highest BCUT2D eigenvalue weighted by Gasteiger charge is 2.54. The first-order chi connectivity index (χ1) is 26.6. The lowest BCUT2D eigenvalue weighted by atomic mass is 9.48. The van der Waals surface area contributed by atoms with Crippen molar-refractivity contribution in [1.29, 1.82) is 0 Å². The predicted molar refractivity (Wildman–Crippen MR) is 205 cm³/mol. The van der Waals surface area contributed by atoms with Gasteiger partial charge in [0.1, 0.15) is 0 Å². The van der Waals surface area contributed by atoms with Gasteiger partial charge in [0.05, 0.1) is 38.8 Å². The third kappa shape index (κ3) is 9.11. The number of hydrogen-bond acceptors (Lipinski definition) is 6. The van der Waals surface area contributed by atoms with Crippen molar-refractivity contribution in [2.75, 3.05) is 38.8 Å². The fourth-order valence-corrected chi connectivity index (χ4v) is 14.6. The summed E-state index contributed by atoms with van der Waals surface area (Å²) >= 11 is 0. The third-order valence-corrected chi connectivity index (χ3v) is 16.7. The molecular formula is C42H58F4O8P2. The Labute approximate surface area is 328 Å². The number of ether oxygens (including phenoxy) is 2. The molecule has 0 unspecified atom stereocenters. The summed E-state index contributed by atoms with van der Waals surface area (Å²) in [5.41, 5.74) is 0.624. The molecule has 0 saturated heterocycles. The van der Waals surface area contributed by atoms with Crippen LogP contribution in [0.1, 0.15) is 115 Å². The van der Waals surface area contributed by atoms with Crippen molar-refractivity contribution in [3.8, 4) is 11.5 Å². The van der Waals surface area contributed by atoms with Crippen LogP contribution in [0, 0.1) is 58.8 Å². The molecule has 0 aliphatic heterocycles. The zero-order valence-corrected chi connectivity index (χ0v) is 34.5. The Morgan fingerprint density at radius 1 is 0.571 bits per heavy atom. The van der Waals surface area contributed by atoms with Crippen molar-refractivity contribution in [2.45, 2.75) is 115 Å². The Balaban J connectivity index is 0.000000173. The standard InChI is InChI=1S/C23H33F2O4P.C19H25F2O4P/c1-3-28-30(26,29-4-2)9-5-8-27-20-7-6-19(21(24)22(20)25)23-13-16-10-17(14-23)12-18(11-16)15-23;20-17-15(19-9-12-6-13(10-19)8-14(7-12)11-19)2-3-16(18(17)21)25-4-1-5-26(22,23)24/h6-7,16-18H,3-5,8-15H2,1-2H3;2-3,12-14H,1,4-11H2,(H2,22,23,24). The Morgan fingerprint density at radius 2 is 0.911 bits per heavy atom. The maximum atomic E-state index is 15.1. The molecule has 8 aliphatic rings. The fourth-order valence-electron chi connectivity index (χ4n) is 12.4. The van der Waals surface area contributed by atoms with Gasteiger partial charge in [-0.05, 0) is 173 Å². The smallest absolute Gasteiger partial charge is 0.330 e. The molecule has 8 nitrogen and oxygen atoms in total. The van der Waals surface area contributed by atoms with Crippen molar-refractivity contribution in [3.05, 3.63) is 58.7 Å². The van der Waals surface area contributed by atoms with Crippen LogP contribution in [-0.4, -0.2) is 48.5 Å². The first-order valence-electron chi connectivity index (χ1n) is 20.8. The van der Waals surface area contributed by atoms with E-state index < -0.39 is 38.5 Å². The van der Waals surface area contributed by atoms with Crippen molar-refractivity contribution in [3.63, 3.8) is 0 Å². The highest BCUT2D eigenvalue weighted by Crippen LogP contribution is 2.62. The SMILES string of the molecule is CCOP(=O)(CCCOc1ccc(C23CC4CC(CC(C4)C2)C3)c(F)c1F)OCC.O=P(O)(O)CCCOc1ccc(C23CC4CC(CC(C4)C2)C3)c(F)c1F. The van der Waals surface area contributed by atoms with E-state index in [4.69, 9.17) is 28.3 Å². The molecule has 0 atom stereocenters. The molecule has 8 fully saturated rings. The van der Waals surface area contributed by atoms with E-state index in [0.717, 1.165) is 38.5 Å². The van der Waals surface area contributed by atoms with E-state index in [1.165, 1.54) is 44.6 Å².